The van der Waals surface area contributed by atoms with Gasteiger partial charge in [-0.05, 0) is 34.6 Å². The fraction of sp³-hybridized carbons (Fsp3) is 0.667. The van der Waals surface area contributed by atoms with Crippen LogP contribution in [0, 0.1) is 0 Å². The number of nitrogens with zero attached hydrogens (tertiary/aromatic N) is 2. The van der Waals surface area contributed by atoms with Crippen LogP contribution in [0.2, 0.25) is 0 Å². The molecule has 6 heteroatoms. The maximum Gasteiger partial charge on any atom is 0.410 e. The first-order valence-corrected chi connectivity index (χ1v) is 5.98. The van der Waals surface area contributed by atoms with Gasteiger partial charge in [-0.15, -0.1) is 0 Å². The molecule has 0 aliphatic carbocycles. The zero-order chi connectivity index (χ0) is 13.9. The fourth-order valence-electron chi connectivity index (χ4n) is 1.42. The van der Waals surface area contributed by atoms with Crippen molar-refractivity contribution in [1.82, 2.24) is 14.9 Å². The highest BCUT2D eigenvalue weighted by atomic mass is 16.6. The Morgan fingerprint density at radius 2 is 2.17 bits per heavy atom. The number of rotatable bonds is 3. The van der Waals surface area contributed by atoms with E-state index in [9.17, 15) is 4.79 Å². The number of aromatic nitrogens is 2. The summed E-state index contributed by atoms with van der Waals surface area (Å²) in [5.41, 5.74) is 5.79. The second-order valence-corrected chi connectivity index (χ2v) is 5.50. The van der Waals surface area contributed by atoms with Gasteiger partial charge in [0.2, 0.25) is 0 Å². The van der Waals surface area contributed by atoms with Crippen molar-refractivity contribution >= 4 is 12.0 Å². The van der Waals surface area contributed by atoms with E-state index in [1.165, 1.54) is 0 Å². The molecule has 0 atom stereocenters. The van der Waals surface area contributed by atoms with Crippen LogP contribution in [-0.4, -0.2) is 32.6 Å². The van der Waals surface area contributed by atoms with Crippen LogP contribution in [0.5, 0.6) is 0 Å². The third-order valence-electron chi connectivity index (χ3n) is 2.24. The van der Waals surface area contributed by atoms with Gasteiger partial charge in [0.25, 0.3) is 0 Å². The molecule has 0 unspecified atom stereocenters. The molecule has 0 saturated carbocycles. The van der Waals surface area contributed by atoms with Crippen molar-refractivity contribution in [3.8, 4) is 0 Å². The van der Waals surface area contributed by atoms with Gasteiger partial charge >= 0.3 is 6.09 Å². The number of aromatic amines is 1. The van der Waals surface area contributed by atoms with Gasteiger partial charge in [0.1, 0.15) is 5.60 Å². The lowest BCUT2D eigenvalue weighted by atomic mass is 10.2. The first-order valence-electron chi connectivity index (χ1n) is 5.98. The van der Waals surface area contributed by atoms with Crippen LogP contribution < -0.4 is 5.73 Å². The van der Waals surface area contributed by atoms with Gasteiger partial charge in [0.05, 0.1) is 18.4 Å². The number of hydrogen-bond donors (Lipinski definition) is 2. The van der Waals surface area contributed by atoms with E-state index in [1.54, 1.807) is 11.1 Å². The highest BCUT2D eigenvalue weighted by Crippen LogP contribution is 2.14. The van der Waals surface area contributed by atoms with Gasteiger partial charge in [0.15, 0.2) is 5.95 Å². The number of ether oxygens (including phenoxy) is 1. The van der Waals surface area contributed by atoms with Crippen LogP contribution in [0.25, 0.3) is 0 Å². The molecule has 1 aromatic heterocycles. The minimum atomic E-state index is -0.503. The summed E-state index contributed by atoms with van der Waals surface area (Å²) in [4.78, 5) is 20.5. The number of nitrogens with one attached hydrogen (secondary N) is 1. The average Bonchev–Trinajstić information content (AvgIpc) is 2.57. The smallest absolute Gasteiger partial charge is 0.410 e. The minimum absolute atomic E-state index is 0.0318. The van der Waals surface area contributed by atoms with E-state index in [-0.39, 0.29) is 12.1 Å². The summed E-state index contributed by atoms with van der Waals surface area (Å²) in [6.07, 6.45) is 1.28. The molecule has 1 heterocycles. The number of amides is 1. The molecule has 6 nitrogen and oxygen atoms in total. The Morgan fingerprint density at radius 1 is 1.56 bits per heavy atom. The Balaban J connectivity index is 2.74. The molecule has 0 aliphatic heterocycles. The first kappa shape index (κ1) is 14.3. The van der Waals surface area contributed by atoms with E-state index in [4.69, 9.17) is 10.5 Å². The molecular weight excluding hydrogens is 232 g/mol. The Bertz CT molecular complexity index is 406. The van der Waals surface area contributed by atoms with Crippen molar-refractivity contribution in [2.45, 2.75) is 52.8 Å². The Labute approximate surface area is 108 Å². The van der Waals surface area contributed by atoms with Gasteiger partial charge in [0, 0.05) is 6.04 Å². The van der Waals surface area contributed by atoms with Crippen molar-refractivity contribution in [2.24, 2.45) is 0 Å². The van der Waals surface area contributed by atoms with Gasteiger partial charge in [-0.2, -0.15) is 0 Å². The Kier molecular flexibility index (Phi) is 4.21. The number of carbonyl (C=O) groups excluding carboxylic acids is 1. The third kappa shape index (κ3) is 4.27. The van der Waals surface area contributed by atoms with Crippen LogP contribution >= 0.6 is 0 Å². The van der Waals surface area contributed by atoms with Crippen molar-refractivity contribution in [3.05, 3.63) is 11.9 Å². The van der Waals surface area contributed by atoms with E-state index in [0.717, 1.165) is 5.69 Å². The Hall–Kier alpha value is -1.72. The molecule has 18 heavy (non-hydrogen) atoms. The standard InChI is InChI=1S/C12H22N4O2/c1-8(2)16(11(17)18-12(3,4)5)7-9-6-14-10(13)15-9/h6,8H,7H2,1-5H3,(H3,13,14,15). The van der Waals surface area contributed by atoms with Crippen LogP contribution in [0.15, 0.2) is 6.20 Å². The molecular formula is C12H22N4O2. The molecule has 0 radical (unpaired) electrons. The quantitative estimate of drug-likeness (QED) is 0.865. The average molecular weight is 254 g/mol. The molecule has 1 aromatic rings. The van der Waals surface area contributed by atoms with Gasteiger partial charge < -0.3 is 15.5 Å². The van der Waals surface area contributed by atoms with Crippen molar-refractivity contribution in [2.75, 3.05) is 5.73 Å². The van der Waals surface area contributed by atoms with Crippen molar-refractivity contribution in [1.29, 1.82) is 0 Å². The number of anilines is 1. The van der Waals surface area contributed by atoms with E-state index in [0.29, 0.717) is 12.5 Å². The van der Waals surface area contributed by atoms with Crippen LogP contribution in [0.3, 0.4) is 0 Å². The molecule has 3 N–H and O–H groups in total. The van der Waals surface area contributed by atoms with Crippen molar-refractivity contribution in [3.63, 3.8) is 0 Å². The van der Waals surface area contributed by atoms with Crippen LogP contribution in [-0.2, 0) is 11.3 Å². The van der Waals surface area contributed by atoms with Gasteiger partial charge in [-0.25, -0.2) is 9.78 Å². The zero-order valence-electron chi connectivity index (χ0n) is 11.7. The molecule has 1 amide bonds. The monoisotopic (exact) mass is 254 g/mol. The van der Waals surface area contributed by atoms with E-state index in [2.05, 4.69) is 9.97 Å². The minimum Gasteiger partial charge on any atom is -0.444 e. The molecule has 0 aromatic carbocycles. The number of carbonyl (C=O) groups is 1. The summed E-state index contributed by atoms with van der Waals surface area (Å²) in [6, 6.07) is 0.0318. The molecule has 1 rings (SSSR count). The number of H-pyrrole nitrogens is 1. The highest BCUT2D eigenvalue weighted by Gasteiger charge is 2.24. The largest absolute Gasteiger partial charge is 0.444 e. The summed E-state index contributed by atoms with van der Waals surface area (Å²) < 4.78 is 5.36. The molecule has 0 saturated heterocycles. The zero-order valence-corrected chi connectivity index (χ0v) is 11.7. The van der Waals surface area contributed by atoms with Crippen molar-refractivity contribution < 1.29 is 9.53 Å². The Morgan fingerprint density at radius 3 is 2.56 bits per heavy atom. The predicted molar refractivity (Wildman–Crippen MR) is 69.9 cm³/mol. The summed E-state index contributed by atoms with van der Waals surface area (Å²) in [7, 11) is 0. The van der Waals surface area contributed by atoms with E-state index < -0.39 is 5.60 Å². The normalized spacial score (nSPS) is 11.7. The second-order valence-electron chi connectivity index (χ2n) is 5.50. The lowest BCUT2D eigenvalue weighted by Gasteiger charge is -2.29. The van der Waals surface area contributed by atoms with Crippen LogP contribution in [0.1, 0.15) is 40.3 Å². The van der Waals surface area contributed by atoms with Crippen LogP contribution in [0.4, 0.5) is 10.7 Å². The molecule has 0 aliphatic rings. The first-order chi connectivity index (χ1) is 8.19. The SMILES string of the molecule is CC(C)N(Cc1cnc(N)[nH]1)C(=O)OC(C)(C)C. The number of nitrogens with two attached hydrogens (primary N) is 1. The number of hydrogen-bond acceptors (Lipinski definition) is 4. The van der Waals surface area contributed by atoms with Gasteiger partial charge in [-0.3, -0.25) is 4.90 Å². The summed E-state index contributed by atoms with van der Waals surface area (Å²) in [5.74, 6) is 0.345. The molecule has 102 valence electrons. The second kappa shape index (κ2) is 5.29. The molecule has 0 bridgehead atoms. The molecule has 0 fully saturated rings. The maximum atomic E-state index is 12.0. The summed E-state index contributed by atoms with van der Waals surface area (Å²) >= 11 is 0. The number of nitrogen functional groups attached to an aromatic ring is 1. The van der Waals surface area contributed by atoms with E-state index in [1.807, 2.05) is 34.6 Å². The fourth-order valence-corrected chi connectivity index (χ4v) is 1.42. The van der Waals surface area contributed by atoms with E-state index >= 15 is 0 Å². The maximum absolute atomic E-state index is 12.0. The predicted octanol–water partition coefficient (Wildman–Crippen LogP) is 2.14. The molecule has 0 spiro atoms. The lowest BCUT2D eigenvalue weighted by Crippen LogP contribution is -2.40. The topological polar surface area (TPSA) is 84.2 Å². The van der Waals surface area contributed by atoms with Gasteiger partial charge in [-0.1, -0.05) is 0 Å². The number of imidazole rings is 1. The third-order valence-corrected chi connectivity index (χ3v) is 2.24. The summed E-state index contributed by atoms with van der Waals surface area (Å²) in [6.45, 7) is 9.80. The lowest BCUT2D eigenvalue weighted by molar-refractivity contribution is 0.0169. The summed E-state index contributed by atoms with van der Waals surface area (Å²) in [5, 5.41) is 0. The highest BCUT2D eigenvalue weighted by molar-refractivity contribution is 5.68.